The van der Waals surface area contributed by atoms with Gasteiger partial charge in [0.2, 0.25) is 0 Å². The number of halogens is 3. The van der Waals surface area contributed by atoms with Crippen molar-refractivity contribution in [1.82, 2.24) is 10.2 Å². The van der Waals surface area contributed by atoms with E-state index in [-0.39, 0.29) is 11.7 Å². The molecule has 5 nitrogen and oxygen atoms in total. The van der Waals surface area contributed by atoms with Crippen molar-refractivity contribution in [2.45, 2.75) is 0 Å². The Morgan fingerprint density at radius 1 is 1.22 bits per heavy atom. The molecule has 0 aliphatic heterocycles. The molecule has 0 radical (unpaired) electrons. The minimum atomic E-state index is -0.317. The van der Waals surface area contributed by atoms with Crippen molar-refractivity contribution in [1.29, 1.82) is 0 Å². The van der Waals surface area contributed by atoms with Gasteiger partial charge in [0.1, 0.15) is 11.5 Å². The van der Waals surface area contributed by atoms with Crippen LogP contribution in [0.25, 0.3) is 0 Å². The minimum Gasteiger partial charge on any atom is -0.382 e. The summed E-state index contributed by atoms with van der Waals surface area (Å²) >= 11 is 10.1. The van der Waals surface area contributed by atoms with E-state index < -0.39 is 0 Å². The monoisotopic (exact) mass is 436 g/mol. The summed E-state index contributed by atoms with van der Waals surface area (Å²) in [5.41, 5.74) is 6.38. The molecular formula is C10H7Br3N4O. The van der Waals surface area contributed by atoms with Crippen LogP contribution in [-0.2, 0) is 0 Å². The molecule has 1 amide bonds. The lowest BCUT2D eigenvalue weighted by molar-refractivity contribution is 0.102. The van der Waals surface area contributed by atoms with Crippen LogP contribution >= 0.6 is 47.8 Å². The van der Waals surface area contributed by atoms with Crippen LogP contribution in [0.3, 0.4) is 0 Å². The number of amides is 1. The number of carbonyl (C=O) groups excluding carboxylic acids is 1. The van der Waals surface area contributed by atoms with Gasteiger partial charge in [0, 0.05) is 19.5 Å². The average molecular weight is 439 g/mol. The van der Waals surface area contributed by atoms with Crippen LogP contribution in [0.4, 0.5) is 11.5 Å². The largest absolute Gasteiger partial charge is 0.382 e. The standard InChI is InChI=1S/C10H7Br3N4O/c11-4-1-5(12)9(6(13)2-4)15-10(18)7-3-8(14)17-16-7/h1-3H,(H,15,18)(H3,14,16,17). The number of aromatic nitrogens is 2. The molecule has 0 unspecified atom stereocenters. The first-order valence-electron chi connectivity index (χ1n) is 4.74. The summed E-state index contributed by atoms with van der Waals surface area (Å²) in [4.78, 5) is 11.9. The zero-order valence-electron chi connectivity index (χ0n) is 8.80. The molecule has 0 spiro atoms. The van der Waals surface area contributed by atoms with Gasteiger partial charge in [-0.25, -0.2) is 0 Å². The highest BCUT2D eigenvalue weighted by molar-refractivity contribution is 9.11. The van der Waals surface area contributed by atoms with Crippen LogP contribution in [-0.4, -0.2) is 16.1 Å². The summed E-state index contributed by atoms with van der Waals surface area (Å²) < 4.78 is 2.40. The molecule has 0 aliphatic rings. The van der Waals surface area contributed by atoms with E-state index in [4.69, 9.17) is 5.73 Å². The van der Waals surface area contributed by atoms with E-state index in [2.05, 4.69) is 63.3 Å². The fraction of sp³-hybridized carbons (Fsp3) is 0. The highest BCUT2D eigenvalue weighted by Crippen LogP contribution is 2.34. The van der Waals surface area contributed by atoms with Crippen LogP contribution in [0.5, 0.6) is 0 Å². The first-order valence-corrected chi connectivity index (χ1v) is 7.12. The number of hydrogen-bond acceptors (Lipinski definition) is 3. The number of nitrogens with zero attached hydrogens (tertiary/aromatic N) is 1. The number of rotatable bonds is 2. The molecule has 2 rings (SSSR count). The van der Waals surface area contributed by atoms with E-state index in [0.29, 0.717) is 11.4 Å². The first kappa shape index (κ1) is 13.6. The Labute approximate surface area is 128 Å². The molecule has 8 heteroatoms. The smallest absolute Gasteiger partial charge is 0.273 e. The van der Waals surface area contributed by atoms with Crippen LogP contribution in [0.15, 0.2) is 31.6 Å². The summed E-state index contributed by atoms with van der Waals surface area (Å²) in [6.07, 6.45) is 0. The van der Waals surface area contributed by atoms with Gasteiger partial charge in [0.15, 0.2) is 0 Å². The summed E-state index contributed by atoms with van der Waals surface area (Å²) in [6, 6.07) is 5.14. The van der Waals surface area contributed by atoms with Crippen molar-refractivity contribution in [3.05, 3.63) is 37.3 Å². The van der Waals surface area contributed by atoms with Gasteiger partial charge in [-0.1, -0.05) is 15.9 Å². The second-order valence-corrected chi connectivity index (χ2v) is 6.03. The highest BCUT2D eigenvalue weighted by Gasteiger charge is 2.13. The molecular weight excluding hydrogens is 432 g/mol. The van der Waals surface area contributed by atoms with E-state index in [9.17, 15) is 4.79 Å². The number of nitrogen functional groups attached to an aromatic ring is 1. The van der Waals surface area contributed by atoms with Crippen molar-refractivity contribution in [2.75, 3.05) is 11.1 Å². The topological polar surface area (TPSA) is 83.8 Å². The van der Waals surface area contributed by atoms with Crippen molar-refractivity contribution >= 4 is 65.2 Å². The first-order chi connectivity index (χ1) is 8.47. The van der Waals surface area contributed by atoms with Gasteiger partial charge in [-0.15, -0.1) is 0 Å². The number of H-pyrrole nitrogens is 1. The van der Waals surface area contributed by atoms with E-state index >= 15 is 0 Å². The van der Waals surface area contributed by atoms with Crippen LogP contribution in [0, 0.1) is 0 Å². The number of nitrogens with two attached hydrogens (primary N) is 1. The van der Waals surface area contributed by atoms with Gasteiger partial charge in [-0.05, 0) is 44.0 Å². The van der Waals surface area contributed by atoms with Crippen molar-refractivity contribution < 1.29 is 4.79 Å². The van der Waals surface area contributed by atoms with Gasteiger partial charge in [-0.2, -0.15) is 5.10 Å². The van der Waals surface area contributed by atoms with E-state index in [1.165, 1.54) is 6.07 Å². The molecule has 0 aliphatic carbocycles. The Kier molecular flexibility index (Phi) is 4.08. The molecule has 1 heterocycles. The zero-order valence-corrected chi connectivity index (χ0v) is 13.6. The normalized spacial score (nSPS) is 10.4. The fourth-order valence-corrected chi connectivity index (χ4v) is 3.75. The Bertz CT molecular complexity index is 588. The van der Waals surface area contributed by atoms with Crippen molar-refractivity contribution in [2.24, 2.45) is 0 Å². The molecule has 0 bridgehead atoms. The molecule has 0 saturated carbocycles. The number of benzene rings is 1. The van der Waals surface area contributed by atoms with Gasteiger partial charge in [0.05, 0.1) is 5.69 Å². The molecule has 18 heavy (non-hydrogen) atoms. The summed E-state index contributed by atoms with van der Waals surface area (Å²) in [5, 5.41) is 9.00. The fourth-order valence-electron chi connectivity index (χ4n) is 1.30. The summed E-state index contributed by atoms with van der Waals surface area (Å²) in [7, 11) is 0. The lowest BCUT2D eigenvalue weighted by Crippen LogP contribution is -2.13. The van der Waals surface area contributed by atoms with E-state index in [1.54, 1.807) is 0 Å². The summed E-state index contributed by atoms with van der Waals surface area (Å²) in [6.45, 7) is 0. The third-order valence-corrected chi connectivity index (χ3v) is 3.80. The maximum atomic E-state index is 11.9. The lowest BCUT2D eigenvalue weighted by Gasteiger charge is -2.09. The maximum Gasteiger partial charge on any atom is 0.273 e. The molecule has 0 fully saturated rings. The lowest BCUT2D eigenvalue weighted by atomic mass is 10.3. The van der Waals surface area contributed by atoms with Gasteiger partial charge < -0.3 is 11.1 Å². The molecule has 1 aromatic carbocycles. The Hall–Kier alpha value is -0.860. The molecule has 1 aromatic heterocycles. The van der Waals surface area contributed by atoms with Gasteiger partial charge in [0.25, 0.3) is 5.91 Å². The highest BCUT2D eigenvalue weighted by atomic mass is 79.9. The number of hydrogen-bond donors (Lipinski definition) is 3. The number of anilines is 2. The molecule has 0 atom stereocenters. The van der Waals surface area contributed by atoms with Crippen LogP contribution in [0.1, 0.15) is 10.5 Å². The molecule has 2 aromatic rings. The predicted octanol–water partition coefficient (Wildman–Crippen LogP) is 3.53. The van der Waals surface area contributed by atoms with E-state index in [0.717, 1.165) is 13.4 Å². The number of carbonyl (C=O) groups is 1. The van der Waals surface area contributed by atoms with E-state index in [1.807, 2.05) is 12.1 Å². The third kappa shape index (κ3) is 2.93. The van der Waals surface area contributed by atoms with Crippen LogP contribution < -0.4 is 11.1 Å². The van der Waals surface area contributed by atoms with Crippen LogP contribution in [0.2, 0.25) is 0 Å². The quantitative estimate of drug-likeness (QED) is 0.670. The maximum absolute atomic E-state index is 11.9. The Morgan fingerprint density at radius 2 is 1.83 bits per heavy atom. The van der Waals surface area contributed by atoms with Crippen molar-refractivity contribution in [3.63, 3.8) is 0 Å². The average Bonchev–Trinajstić information content (AvgIpc) is 2.70. The molecule has 0 saturated heterocycles. The van der Waals surface area contributed by atoms with Crippen molar-refractivity contribution in [3.8, 4) is 0 Å². The second-order valence-electron chi connectivity index (χ2n) is 3.41. The van der Waals surface area contributed by atoms with Gasteiger partial charge >= 0.3 is 0 Å². The minimum absolute atomic E-state index is 0.272. The summed E-state index contributed by atoms with van der Waals surface area (Å²) in [5.74, 6) is -0.0444. The Morgan fingerprint density at radius 3 is 2.33 bits per heavy atom. The predicted molar refractivity (Wildman–Crippen MR) is 80.5 cm³/mol. The second kappa shape index (κ2) is 5.41. The zero-order chi connectivity index (χ0) is 13.3. The third-order valence-electron chi connectivity index (χ3n) is 2.09. The number of nitrogens with one attached hydrogen (secondary N) is 2. The number of aromatic amines is 1. The van der Waals surface area contributed by atoms with Gasteiger partial charge in [-0.3, -0.25) is 9.89 Å². The SMILES string of the molecule is Nc1cc(C(=O)Nc2c(Br)cc(Br)cc2Br)[nH]n1. The molecule has 94 valence electrons. The molecule has 4 N–H and O–H groups in total. The Balaban J connectivity index is 2.27.